The molecule has 166 valence electrons. The summed E-state index contributed by atoms with van der Waals surface area (Å²) in [5.74, 6) is -0.404. The van der Waals surface area contributed by atoms with Crippen LogP contribution in [0.1, 0.15) is 6.92 Å². The van der Waals surface area contributed by atoms with Crippen LogP contribution in [0.5, 0.6) is 0 Å². The van der Waals surface area contributed by atoms with Crippen molar-refractivity contribution in [3.8, 4) is 5.69 Å². The van der Waals surface area contributed by atoms with Crippen molar-refractivity contribution < 1.29 is 9.59 Å². The quantitative estimate of drug-likeness (QED) is 0.309. The predicted molar refractivity (Wildman–Crippen MR) is 132 cm³/mol. The van der Waals surface area contributed by atoms with Crippen LogP contribution < -0.4 is 16.2 Å². The van der Waals surface area contributed by atoms with E-state index in [2.05, 4.69) is 15.6 Å². The van der Waals surface area contributed by atoms with E-state index in [0.29, 0.717) is 38.1 Å². The van der Waals surface area contributed by atoms with Crippen molar-refractivity contribution in [2.45, 2.75) is 12.1 Å². The zero-order chi connectivity index (χ0) is 23.4. The van der Waals surface area contributed by atoms with E-state index in [4.69, 9.17) is 11.6 Å². The number of anilines is 2. The summed E-state index contributed by atoms with van der Waals surface area (Å²) in [6.07, 6.45) is 0. The van der Waals surface area contributed by atoms with E-state index in [9.17, 15) is 14.4 Å². The number of thioether (sulfide) groups is 1. The van der Waals surface area contributed by atoms with Crippen molar-refractivity contribution in [1.82, 2.24) is 9.55 Å². The molecule has 0 unspecified atom stereocenters. The number of benzene rings is 3. The number of amides is 2. The first-order chi connectivity index (χ1) is 15.9. The summed E-state index contributed by atoms with van der Waals surface area (Å²) < 4.78 is 1.44. The van der Waals surface area contributed by atoms with Crippen molar-refractivity contribution in [3.63, 3.8) is 0 Å². The van der Waals surface area contributed by atoms with Gasteiger partial charge < -0.3 is 10.6 Å². The van der Waals surface area contributed by atoms with Gasteiger partial charge in [-0.1, -0.05) is 47.6 Å². The van der Waals surface area contributed by atoms with E-state index < -0.39 is 0 Å². The molecule has 0 atom stereocenters. The fourth-order valence-corrected chi connectivity index (χ4v) is 4.25. The lowest BCUT2D eigenvalue weighted by atomic mass is 10.2. The first kappa shape index (κ1) is 22.6. The van der Waals surface area contributed by atoms with E-state index in [1.54, 1.807) is 72.8 Å². The maximum absolute atomic E-state index is 13.3. The number of hydrogen-bond acceptors (Lipinski definition) is 5. The molecule has 0 saturated heterocycles. The topological polar surface area (TPSA) is 93.1 Å². The van der Waals surface area contributed by atoms with Gasteiger partial charge in [0.05, 0.1) is 27.4 Å². The van der Waals surface area contributed by atoms with Gasteiger partial charge in [0.2, 0.25) is 11.8 Å². The van der Waals surface area contributed by atoms with Crippen LogP contribution in [0.25, 0.3) is 16.6 Å². The lowest BCUT2D eigenvalue weighted by molar-refractivity contribution is -0.114. The minimum atomic E-state index is -0.264. The van der Waals surface area contributed by atoms with E-state index in [1.807, 2.05) is 0 Å². The Bertz CT molecular complexity index is 1400. The summed E-state index contributed by atoms with van der Waals surface area (Å²) >= 11 is 7.51. The Kier molecular flexibility index (Phi) is 6.76. The van der Waals surface area contributed by atoms with Crippen LogP contribution in [-0.4, -0.2) is 27.1 Å². The first-order valence-corrected chi connectivity index (χ1v) is 11.4. The molecule has 0 aliphatic carbocycles. The summed E-state index contributed by atoms with van der Waals surface area (Å²) in [5.41, 5.74) is 2.01. The highest BCUT2D eigenvalue weighted by atomic mass is 35.5. The van der Waals surface area contributed by atoms with Crippen molar-refractivity contribution in [2.75, 3.05) is 16.4 Å². The highest BCUT2D eigenvalue weighted by Crippen LogP contribution is 2.26. The van der Waals surface area contributed by atoms with Gasteiger partial charge in [0, 0.05) is 18.3 Å². The van der Waals surface area contributed by atoms with Crippen LogP contribution in [0.15, 0.2) is 82.7 Å². The Morgan fingerprint density at radius 2 is 1.58 bits per heavy atom. The lowest BCUT2D eigenvalue weighted by Gasteiger charge is -2.14. The molecule has 0 bridgehead atoms. The molecule has 7 nitrogen and oxygen atoms in total. The fraction of sp³-hybridized carbons (Fsp3) is 0.0833. The maximum atomic E-state index is 13.3. The number of rotatable bonds is 6. The van der Waals surface area contributed by atoms with E-state index >= 15 is 0 Å². The molecule has 2 N–H and O–H groups in total. The molecule has 4 aromatic rings. The zero-order valence-electron chi connectivity index (χ0n) is 17.5. The van der Waals surface area contributed by atoms with Gasteiger partial charge in [0.15, 0.2) is 5.16 Å². The third-order valence-electron chi connectivity index (χ3n) is 4.66. The molecular formula is C24H19ClN4O3S. The van der Waals surface area contributed by atoms with E-state index in [1.165, 1.54) is 11.5 Å². The maximum Gasteiger partial charge on any atom is 0.266 e. The van der Waals surface area contributed by atoms with E-state index in [-0.39, 0.29) is 23.1 Å². The highest BCUT2D eigenvalue weighted by molar-refractivity contribution is 7.99. The SMILES string of the molecule is CC(=O)Nc1ccc(NC(=O)CSc2nc3ccccc3c(=O)n2-c2ccccc2Cl)cc1. The number of fused-ring (bicyclic) bond motifs is 1. The Morgan fingerprint density at radius 1 is 0.939 bits per heavy atom. The molecular weight excluding hydrogens is 460 g/mol. The van der Waals surface area contributed by atoms with Gasteiger partial charge in [-0.2, -0.15) is 0 Å². The molecule has 9 heteroatoms. The average molecular weight is 479 g/mol. The number of hydrogen-bond donors (Lipinski definition) is 2. The minimum absolute atomic E-state index is 0.0304. The number of halogens is 1. The number of nitrogens with zero attached hydrogens (tertiary/aromatic N) is 2. The Morgan fingerprint density at radius 3 is 2.27 bits per heavy atom. The number of aromatic nitrogens is 2. The second-order valence-corrected chi connectivity index (χ2v) is 8.45. The monoisotopic (exact) mass is 478 g/mol. The molecule has 0 radical (unpaired) electrons. The van der Waals surface area contributed by atoms with Crippen LogP contribution in [0.3, 0.4) is 0 Å². The van der Waals surface area contributed by atoms with Crippen molar-refractivity contribution in [1.29, 1.82) is 0 Å². The summed E-state index contributed by atoms with van der Waals surface area (Å²) in [6, 6.07) is 20.8. The minimum Gasteiger partial charge on any atom is -0.326 e. The lowest BCUT2D eigenvalue weighted by Crippen LogP contribution is -2.23. The molecule has 0 saturated carbocycles. The second kappa shape index (κ2) is 9.89. The van der Waals surface area contributed by atoms with Crippen LogP contribution in [-0.2, 0) is 9.59 Å². The molecule has 0 spiro atoms. The normalized spacial score (nSPS) is 10.7. The summed E-state index contributed by atoms with van der Waals surface area (Å²) in [4.78, 5) is 41.6. The Hall–Kier alpha value is -3.62. The molecule has 0 fully saturated rings. The average Bonchev–Trinajstić information content (AvgIpc) is 2.80. The van der Waals surface area contributed by atoms with E-state index in [0.717, 1.165) is 11.8 Å². The predicted octanol–water partition coefficient (Wildman–Crippen LogP) is 4.73. The molecule has 4 rings (SSSR count). The first-order valence-electron chi connectivity index (χ1n) is 9.99. The standard InChI is InChI=1S/C24H19ClN4O3S/c1-15(30)26-16-10-12-17(13-11-16)27-22(31)14-33-24-28-20-8-4-2-6-18(20)23(32)29(24)21-9-5-3-7-19(21)25/h2-13H,14H2,1H3,(H,26,30)(H,27,31). The van der Waals surface area contributed by atoms with Crippen molar-refractivity contribution in [3.05, 3.63) is 88.2 Å². The summed E-state index contributed by atoms with van der Waals surface area (Å²) in [6.45, 7) is 1.43. The number of carbonyl (C=O) groups excluding carboxylic acids is 2. The largest absolute Gasteiger partial charge is 0.326 e. The molecule has 2 amide bonds. The summed E-state index contributed by atoms with van der Waals surface area (Å²) in [7, 11) is 0. The number of carbonyl (C=O) groups is 2. The zero-order valence-corrected chi connectivity index (χ0v) is 19.1. The van der Waals surface area contributed by atoms with Gasteiger partial charge in [-0.15, -0.1) is 0 Å². The van der Waals surface area contributed by atoms with Gasteiger partial charge >= 0.3 is 0 Å². The van der Waals surface area contributed by atoms with Gasteiger partial charge in [0.1, 0.15) is 0 Å². The molecule has 0 aliphatic heterocycles. The third-order valence-corrected chi connectivity index (χ3v) is 5.92. The molecule has 1 aromatic heterocycles. The van der Waals surface area contributed by atoms with Crippen LogP contribution in [0, 0.1) is 0 Å². The molecule has 1 heterocycles. The van der Waals surface area contributed by atoms with Gasteiger partial charge in [-0.3, -0.25) is 19.0 Å². The van der Waals surface area contributed by atoms with Crippen molar-refractivity contribution >= 4 is 57.5 Å². The molecule has 3 aromatic carbocycles. The number of para-hydroxylation sites is 2. The Balaban J connectivity index is 1.59. The van der Waals surface area contributed by atoms with Gasteiger partial charge in [-0.05, 0) is 48.5 Å². The van der Waals surface area contributed by atoms with Crippen LogP contribution in [0.4, 0.5) is 11.4 Å². The van der Waals surface area contributed by atoms with Crippen LogP contribution in [0.2, 0.25) is 5.02 Å². The smallest absolute Gasteiger partial charge is 0.266 e. The summed E-state index contributed by atoms with van der Waals surface area (Å²) in [5, 5.41) is 6.70. The highest BCUT2D eigenvalue weighted by Gasteiger charge is 2.16. The van der Waals surface area contributed by atoms with Gasteiger partial charge in [-0.25, -0.2) is 4.98 Å². The van der Waals surface area contributed by atoms with Crippen LogP contribution >= 0.6 is 23.4 Å². The second-order valence-electron chi connectivity index (χ2n) is 7.10. The fourth-order valence-electron chi connectivity index (χ4n) is 3.22. The van der Waals surface area contributed by atoms with Gasteiger partial charge in [0.25, 0.3) is 5.56 Å². The third kappa shape index (κ3) is 5.24. The molecule has 33 heavy (non-hydrogen) atoms. The number of nitrogens with one attached hydrogen (secondary N) is 2. The Labute approximate surface area is 198 Å². The molecule has 0 aliphatic rings. The van der Waals surface area contributed by atoms with Crippen molar-refractivity contribution in [2.24, 2.45) is 0 Å².